The van der Waals surface area contributed by atoms with E-state index < -0.39 is 0 Å². The van der Waals surface area contributed by atoms with Gasteiger partial charge in [-0.3, -0.25) is 14.6 Å². The van der Waals surface area contributed by atoms with Crippen molar-refractivity contribution in [1.29, 1.82) is 0 Å². The number of rotatable bonds is 3. The number of imide groups is 1. The molecule has 5 nitrogen and oxygen atoms in total. The molecule has 0 bridgehead atoms. The van der Waals surface area contributed by atoms with Crippen LogP contribution in [0.15, 0.2) is 53.7 Å². The molecular weight excluding hydrogens is 300 g/mol. The summed E-state index contributed by atoms with van der Waals surface area (Å²) < 4.78 is 5.22. The lowest BCUT2D eigenvalue weighted by Crippen LogP contribution is -2.28. The normalized spacial score (nSPS) is 16.4. The number of ether oxygens (including phenoxy) is 1. The number of benzene rings is 1. The summed E-state index contributed by atoms with van der Waals surface area (Å²) in [4.78, 5) is 30.2. The summed E-state index contributed by atoms with van der Waals surface area (Å²) in [6.07, 6.45) is 4.95. The van der Waals surface area contributed by atoms with Gasteiger partial charge in [0, 0.05) is 12.4 Å². The Balaban J connectivity index is 1.97. The van der Waals surface area contributed by atoms with Crippen LogP contribution in [0.2, 0.25) is 0 Å². The number of anilines is 1. The van der Waals surface area contributed by atoms with Gasteiger partial charge >= 0.3 is 0 Å². The third kappa shape index (κ3) is 2.60. The highest BCUT2D eigenvalue weighted by Crippen LogP contribution is 2.39. The second-order valence-electron chi connectivity index (χ2n) is 4.48. The van der Waals surface area contributed by atoms with Gasteiger partial charge < -0.3 is 4.74 Å². The lowest BCUT2D eigenvalue weighted by atomic mass is 10.2. The van der Waals surface area contributed by atoms with Crippen molar-refractivity contribution in [1.82, 2.24) is 4.98 Å². The van der Waals surface area contributed by atoms with Gasteiger partial charge in [0.2, 0.25) is 0 Å². The number of nitrogens with zero attached hydrogens (tertiary/aromatic N) is 2. The summed E-state index contributed by atoms with van der Waals surface area (Å²) in [6, 6.07) is 10.5. The van der Waals surface area contributed by atoms with Gasteiger partial charge in [0.05, 0.1) is 17.7 Å². The van der Waals surface area contributed by atoms with E-state index in [0.717, 1.165) is 22.2 Å². The molecule has 1 aromatic heterocycles. The maximum absolute atomic E-state index is 12.5. The zero-order valence-electron chi connectivity index (χ0n) is 11.7. The van der Waals surface area contributed by atoms with E-state index in [0.29, 0.717) is 16.3 Å². The molecule has 22 heavy (non-hydrogen) atoms. The van der Waals surface area contributed by atoms with E-state index in [4.69, 9.17) is 4.74 Å². The average Bonchev–Trinajstić information content (AvgIpc) is 2.82. The number of thioether (sulfide) groups is 1. The zero-order valence-corrected chi connectivity index (χ0v) is 12.5. The Hall–Kier alpha value is -2.60. The van der Waals surface area contributed by atoms with Crippen LogP contribution in [-0.2, 0) is 4.79 Å². The third-order valence-electron chi connectivity index (χ3n) is 3.10. The molecule has 2 aromatic rings. The highest BCUT2D eigenvalue weighted by atomic mass is 32.2. The standard InChI is InChI=1S/C16H12N2O3S/c1-21-13-7-3-2-6-12(13)18-15(19)14(22-16(18)20)9-11-5-4-8-17-10-11/h2-10H,1H3/b14-9-. The van der Waals surface area contributed by atoms with Crippen LogP contribution < -0.4 is 9.64 Å². The van der Waals surface area contributed by atoms with E-state index in [-0.39, 0.29) is 11.1 Å². The van der Waals surface area contributed by atoms with Gasteiger partial charge in [-0.2, -0.15) is 0 Å². The molecule has 0 radical (unpaired) electrons. The fraction of sp³-hybridized carbons (Fsp3) is 0.0625. The van der Waals surface area contributed by atoms with Crippen molar-refractivity contribution in [2.24, 2.45) is 0 Å². The number of carbonyl (C=O) groups is 2. The van der Waals surface area contributed by atoms with Crippen LogP contribution in [0, 0.1) is 0 Å². The van der Waals surface area contributed by atoms with E-state index in [9.17, 15) is 9.59 Å². The first-order valence-electron chi connectivity index (χ1n) is 6.51. The van der Waals surface area contributed by atoms with Gasteiger partial charge in [0.15, 0.2) is 0 Å². The molecule has 6 heteroatoms. The zero-order chi connectivity index (χ0) is 15.5. The van der Waals surface area contributed by atoms with Crippen LogP contribution in [0.5, 0.6) is 5.75 Å². The van der Waals surface area contributed by atoms with E-state index in [1.165, 1.54) is 7.11 Å². The number of hydrogen-bond donors (Lipinski definition) is 0. The molecule has 0 N–H and O–H groups in total. The maximum Gasteiger partial charge on any atom is 0.298 e. The lowest BCUT2D eigenvalue weighted by Gasteiger charge is -2.15. The smallest absolute Gasteiger partial charge is 0.298 e. The van der Waals surface area contributed by atoms with Crippen molar-refractivity contribution in [2.75, 3.05) is 12.0 Å². The Morgan fingerprint density at radius 2 is 2.00 bits per heavy atom. The third-order valence-corrected chi connectivity index (χ3v) is 3.97. The van der Waals surface area contributed by atoms with Crippen molar-refractivity contribution in [2.45, 2.75) is 0 Å². The number of aromatic nitrogens is 1. The molecular formula is C16H12N2O3S. The Kier molecular flexibility index (Phi) is 3.93. The van der Waals surface area contributed by atoms with Gasteiger partial charge in [-0.15, -0.1) is 0 Å². The molecule has 1 aliphatic heterocycles. The van der Waals surface area contributed by atoms with E-state index in [1.807, 2.05) is 6.07 Å². The summed E-state index contributed by atoms with van der Waals surface area (Å²) in [5.41, 5.74) is 1.22. The number of para-hydroxylation sites is 2. The molecule has 3 rings (SSSR count). The molecule has 0 unspecified atom stereocenters. The molecule has 1 saturated heterocycles. The summed E-state index contributed by atoms with van der Waals surface area (Å²) in [5, 5.41) is -0.343. The van der Waals surface area contributed by atoms with Crippen LogP contribution in [0.25, 0.3) is 6.08 Å². The number of hydrogen-bond acceptors (Lipinski definition) is 5. The summed E-state index contributed by atoms with van der Waals surface area (Å²) in [7, 11) is 1.50. The molecule has 1 fully saturated rings. The molecule has 1 aliphatic rings. The van der Waals surface area contributed by atoms with Crippen LogP contribution in [0.3, 0.4) is 0 Å². The number of amides is 2. The molecule has 0 aliphatic carbocycles. The Morgan fingerprint density at radius 1 is 1.18 bits per heavy atom. The second kappa shape index (κ2) is 6.03. The van der Waals surface area contributed by atoms with Crippen molar-refractivity contribution in [3.8, 4) is 5.75 Å². The van der Waals surface area contributed by atoms with E-state index in [2.05, 4.69) is 4.98 Å². The second-order valence-corrected chi connectivity index (χ2v) is 5.47. The minimum atomic E-state index is -0.358. The highest BCUT2D eigenvalue weighted by molar-refractivity contribution is 8.19. The van der Waals surface area contributed by atoms with Crippen molar-refractivity contribution < 1.29 is 14.3 Å². The molecule has 0 spiro atoms. The van der Waals surface area contributed by atoms with Crippen molar-refractivity contribution in [3.63, 3.8) is 0 Å². The quantitative estimate of drug-likeness (QED) is 0.814. The first kappa shape index (κ1) is 14.3. The SMILES string of the molecule is COc1ccccc1N1C(=O)S/C(=C\c2cccnc2)C1=O. The van der Waals surface area contributed by atoms with Gasteiger partial charge in [-0.25, -0.2) is 4.90 Å². The largest absolute Gasteiger partial charge is 0.495 e. The molecule has 2 amide bonds. The predicted octanol–water partition coefficient (Wildman–Crippen LogP) is 3.33. The van der Waals surface area contributed by atoms with Crippen molar-refractivity contribution >= 4 is 34.7 Å². The minimum Gasteiger partial charge on any atom is -0.495 e. The van der Waals surface area contributed by atoms with Gasteiger partial charge in [-0.1, -0.05) is 18.2 Å². The van der Waals surface area contributed by atoms with E-state index >= 15 is 0 Å². The van der Waals surface area contributed by atoms with Crippen LogP contribution >= 0.6 is 11.8 Å². The van der Waals surface area contributed by atoms with Crippen LogP contribution in [0.1, 0.15) is 5.56 Å². The first-order chi connectivity index (χ1) is 10.7. The van der Waals surface area contributed by atoms with Gasteiger partial charge in [0.1, 0.15) is 5.75 Å². The average molecular weight is 312 g/mol. The van der Waals surface area contributed by atoms with E-state index in [1.54, 1.807) is 48.8 Å². The first-order valence-corrected chi connectivity index (χ1v) is 7.33. The fourth-order valence-corrected chi connectivity index (χ4v) is 2.94. The Labute approximate surface area is 131 Å². The lowest BCUT2D eigenvalue weighted by molar-refractivity contribution is -0.113. The van der Waals surface area contributed by atoms with Crippen LogP contribution in [0.4, 0.5) is 10.5 Å². The van der Waals surface area contributed by atoms with Crippen molar-refractivity contribution in [3.05, 3.63) is 59.3 Å². The number of carbonyl (C=O) groups excluding carboxylic acids is 2. The monoisotopic (exact) mass is 312 g/mol. The maximum atomic E-state index is 12.5. The number of methoxy groups -OCH3 is 1. The predicted molar refractivity (Wildman–Crippen MR) is 85.7 cm³/mol. The highest BCUT2D eigenvalue weighted by Gasteiger charge is 2.37. The topological polar surface area (TPSA) is 59.5 Å². The summed E-state index contributed by atoms with van der Waals surface area (Å²) in [5.74, 6) is 0.121. The Bertz CT molecular complexity index is 759. The summed E-state index contributed by atoms with van der Waals surface area (Å²) in [6.45, 7) is 0. The van der Waals surface area contributed by atoms with Gasteiger partial charge in [0.25, 0.3) is 11.1 Å². The van der Waals surface area contributed by atoms with Crippen LogP contribution in [-0.4, -0.2) is 23.2 Å². The van der Waals surface area contributed by atoms with Gasteiger partial charge in [-0.05, 0) is 41.6 Å². The molecule has 2 heterocycles. The fourth-order valence-electron chi connectivity index (χ4n) is 2.10. The molecule has 0 saturated carbocycles. The molecule has 1 aromatic carbocycles. The molecule has 0 atom stereocenters. The Morgan fingerprint density at radius 3 is 2.73 bits per heavy atom. The molecule has 110 valence electrons. The number of pyridine rings is 1. The summed E-state index contributed by atoms with van der Waals surface area (Å²) >= 11 is 0.906. The minimum absolute atomic E-state index is 0.343.